The normalized spacial score (nSPS) is 28.7. The van der Waals surface area contributed by atoms with Crippen LogP contribution in [0.15, 0.2) is 41.0 Å². The number of likely N-dealkylation sites (tertiary alicyclic amines) is 1. The molecule has 2 aliphatic heterocycles. The summed E-state index contributed by atoms with van der Waals surface area (Å²) in [6.45, 7) is 4.96. The molecule has 0 aromatic heterocycles. The van der Waals surface area contributed by atoms with E-state index < -0.39 is 0 Å². The fourth-order valence-electron chi connectivity index (χ4n) is 7.49. The SMILES string of the molecule is CCCC1=C2[C@@H](CC/C(=C/c3cccc(O)c3)CCC)OC[C@@H]2[C@@H]2C(=O)N(C3CCCCC3)C(=O)[C@@H]2C1. The Morgan fingerprint density at radius 1 is 1.05 bits per heavy atom. The van der Waals surface area contributed by atoms with Gasteiger partial charge in [-0.15, -0.1) is 0 Å². The van der Waals surface area contributed by atoms with Crippen molar-refractivity contribution < 1.29 is 19.4 Å². The second-order valence-electron chi connectivity index (χ2n) is 11.6. The number of imide groups is 1. The second-order valence-corrected chi connectivity index (χ2v) is 11.6. The highest BCUT2D eigenvalue weighted by Crippen LogP contribution is 2.51. The molecule has 4 aliphatic rings. The van der Waals surface area contributed by atoms with Crippen LogP contribution < -0.4 is 0 Å². The number of rotatable bonds is 9. The lowest BCUT2D eigenvalue weighted by atomic mass is 9.68. The van der Waals surface area contributed by atoms with Gasteiger partial charge in [0.15, 0.2) is 0 Å². The molecule has 200 valence electrons. The Kier molecular flexibility index (Phi) is 8.18. The molecule has 1 N–H and O–H groups in total. The van der Waals surface area contributed by atoms with Crippen molar-refractivity contribution in [1.29, 1.82) is 0 Å². The van der Waals surface area contributed by atoms with Gasteiger partial charge in [0.1, 0.15) is 5.75 Å². The number of allylic oxidation sites excluding steroid dienone is 2. The third kappa shape index (κ3) is 5.30. The molecule has 0 unspecified atom stereocenters. The van der Waals surface area contributed by atoms with Crippen molar-refractivity contribution in [3.63, 3.8) is 0 Å². The van der Waals surface area contributed by atoms with Crippen molar-refractivity contribution >= 4 is 17.9 Å². The third-order valence-electron chi connectivity index (χ3n) is 9.07. The summed E-state index contributed by atoms with van der Waals surface area (Å²) in [5, 5.41) is 9.87. The zero-order valence-corrected chi connectivity index (χ0v) is 22.6. The number of benzene rings is 1. The highest BCUT2D eigenvalue weighted by molar-refractivity contribution is 6.06. The van der Waals surface area contributed by atoms with Gasteiger partial charge in [-0.05, 0) is 68.2 Å². The van der Waals surface area contributed by atoms with Crippen molar-refractivity contribution in [2.75, 3.05) is 6.61 Å². The summed E-state index contributed by atoms with van der Waals surface area (Å²) in [5.41, 5.74) is 5.12. The summed E-state index contributed by atoms with van der Waals surface area (Å²) in [4.78, 5) is 29.0. The Morgan fingerprint density at radius 3 is 2.59 bits per heavy atom. The molecular formula is C32H43NO4. The van der Waals surface area contributed by atoms with Crippen LogP contribution in [0.3, 0.4) is 0 Å². The van der Waals surface area contributed by atoms with E-state index >= 15 is 0 Å². The summed E-state index contributed by atoms with van der Waals surface area (Å²) < 4.78 is 6.44. The molecule has 3 fully saturated rings. The summed E-state index contributed by atoms with van der Waals surface area (Å²) in [7, 11) is 0. The van der Waals surface area contributed by atoms with E-state index in [0.29, 0.717) is 6.61 Å². The Balaban J connectivity index is 1.35. The number of hydrogen-bond donors (Lipinski definition) is 1. The van der Waals surface area contributed by atoms with Gasteiger partial charge in [0.05, 0.1) is 24.5 Å². The van der Waals surface area contributed by atoms with Gasteiger partial charge in [-0.3, -0.25) is 14.5 Å². The van der Waals surface area contributed by atoms with Crippen LogP contribution in [0, 0.1) is 17.8 Å². The highest BCUT2D eigenvalue weighted by atomic mass is 16.5. The predicted octanol–water partition coefficient (Wildman–Crippen LogP) is 6.81. The summed E-state index contributed by atoms with van der Waals surface area (Å²) in [6, 6.07) is 7.52. The molecule has 2 saturated heterocycles. The van der Waals surface area contributed by atoms with Crippen LogP contribution in [0.1, 0.15) is 96.5 Å². The Morgan fingerprint density at radius 2 is 1.86 bits per heavy atom. The lowest BCUT2D eigenvalue weighted by Gasteiger charge is -2.32. The van der Waals surface area contributed by atoms with E-state index in [1.165, 1.54) is 23.1 Å². The maximum absolute atomic E-state index is 13.7. The lowest BCUT2D eigenvalue weighted by molar-refractivity contribution is -0.143. The van der Waals surface area contributed by atoms with Crippen molar-refractivity contribution in [1.82, 2.24) is 4.90 Å². The average molecular weight is 506 g/mol. The van der Waals surface area contributed by atoms with Crippen LogP contribution >= 0.6 is 0 Å². The van der Waals surface area contributed by atoms with Crippen molar-refractivity contribution in [2.24, 2.45) is 17.8 Å². The zero-order chi connectivity index (χ0) is 25.9. The summed E-state index contributed by atoms with van der Waals surface area (Å²) in [5.74, 6) is 0.106. The van der Waals surface area contributed by atoms with Gasteiger partial charge in [-0.25, -0.2) is 0 Å². The van der Waals surface area contributed by atoms with Gasteiger partial charge in [-0.2, -0.15) is 0 Å². The first kappa shape index (κ1) is 26.2. The molecular weight excluding hydrogens is 462 g/mol. The number of amides is 2. The Labute approximate surface area is 222 Å². The largest absolute Gasteiger partial charge is 0.508 e. The molecule has 5 heteroatoms. The molecule has 5 nitrogen and oxygen atoms in total. The van der Waals surface area contributed by atoms with Crippen LogP contribution in [0.4, 0.5) is 0 Å². The number of ether oxygens (including phenoxy) is 1. The number of fused-ring (bicyclic) bond motifs is 3. The van der Waals surface area contributed by atoms with Gasteiger partial charge in [0, 0.05) is 12.0 Å². The van der Waals surface area contributed by atoms with Gasteiger partial charge in [0.2, 0.25) is 11.8 Å². The third-order valence-corrected chi connectivity index (χ3v) is 9.07. The first-order valence-corrected chi connectivity index (χ1v) is 14.7. The van der Waals surface area contributed by atoms with E-state index in [1.807, 2.05) is 18.2 Å². The number of nitrogens with zero attached hydrogens (tertiary/aromatic N) is 1. The fraction of sp³-hybridized carbons (Fsp3) is 0.625. The predicted molar refractivity (Wildman–Crippen MR) is 146 cm³/mol. The molecule has 0 bridgehead atoms. The maximum atomic E-state index is 13.7. The Bertz CT molecular complexity index is 1070. The lowest BCUT2D eigenvalue weighted by Crippen LogP contribution is -2.42. The molecule has 1 aromatic rings. The molecule has 1 aromatic carbocycles. The Hall–Kier alpha value is -2.40. The zero-order valence-electron chi connectivity index (χ0n) is 22.6. The number of hydrogen-bond acceptors (Lipinski definition) is 4. The van der Waals surface area contributed by atoms with Crippen molar-refractivity contribution in [2.45, 2.75) is 103 Å². The van der Waals surface area contributed by atoms with Crippen molar-refractivity contribution in [3.8, 4) is 5.75 Å². The second kappa shape index (κ2) is 11.6. The molecule has 4 atom stereocenters. The first-order valence-electron chi connectivity index (χ1n) is 14.7. The van der Waals surface area contributed by atoms with Gasteiger partial charge < -0.3 is 9.84 Å². The minimum atomic E-state index is -0.229. The van der Waals surface area contributed by atoms with E-state index in [0.717, 1.165) is 76.2 Å². The molecule has 5 rings (SSSR count). The molecule has 1 saturated carbocycles. The average Bonchev–Trinajstić information content (AvgIpc) is 3.42. The van der Waals surface area contributed by atoms with Crippen LogP contribution in [0.5, 0.6) is 5.75 Å². The molecule has 2 amide bonds. The van der Waals surface area contributed by atoms with Crippen LogP contribution in [0.2, 0.25) is 0 Å². The van der Waals surface area contributed by atoms with Crippen LogP contribution in [0.25, 0.3) is 6.08 Å². The van der Waals surface area contributed by atoms with E-state index in [1.54, 1.807) is 11.0 Å². The fourth-order valence-corrected chi connectivity index (χ4v) is 7.49. The number of carbonyl (C=O) groups excluding carboxylic acids is 2. The number of carbonyl (C=O) groups is 2. The van der Waals surface area contributed by atoms with Crippen LogP contribution in [-0.4, -0.2) is 40.6 Å². The van der Waals surface area contributed by atoms with E-state index in [2.05, 4.69) is 19.9 Å². The molecule has 2 heterocycles. The summed E-state index contributed by atoms with van der Waals surface area (Å²) >= 11 is 0. The summed E-state index contributed by atoms with van der Waals surface area (Å²) in [6.07, 6.45) is 14.3. The molecule has 0 spiro atoms. The number of phenolic OH excluding ortho intramolecular Hbond substituents is 1. The number of phenols is 1. The molecule has 2 aliphatic carbocycles. The van der Waals surface area contributed by atoms with E-state index in [9.17, 15) is 14.7 Å². The number of aromatic hydroxyl groups is 1. The monoisotopic (exact) mass is 505 g/mol. The minimum Gasteiger partial charge on any atom is -0.508 e. The minimum absolute atomic E-state index is 0.0311. The first-order chi connectivity index (χ1) is 18.0. The van der Waals surface area contributed by atoms with Gasteiger partial charge in [-0.1, -0.05) is 75.3 Å². The quantitative estimate of drug-likeness (QED) is 0.296. The van der Waals surface area contributed by atoms with Crippen LogP contribution in [-0.2, 0) is 14.3 Å². The standard InChI is InChI=1S/C32H43NO4/c1-3-9-21(17-22-11-8-14-25(34)18-22)15-16-28-29-23(10-4-2)19-26-30(27(29)20-37-28)32(36)33(31(26)35)24-12-6-5-7-13-24/h8,11,14,17-18,24,26-28,30,34H,3-7,9-10,12-13,15-16,19-20H2,1-2H3/b21-17+/t26-,27+,28-,30-/m1/s1. The topological polar surface area (TPSA) is 66.8 Å². The van der Waals surface area contributed by atoms with E-state index in [4.69, 9.17) is 4.74 Å². The maximum Gasteiger partial charge on any atom is 0.234 e. The molecule has 0 radical (unpaired) electrons. The smallest absolute Gasteiger partial charge is 0.234 e. The van der Waals surface area contributed by atoms with Gasteiger partial charge >= 0.3 is 0 Å². The van der Waals surface area contributed by atoms with Crippen molar-refractivity contribution in [3.05, 3.63) is 46.5 Å². The van der Waals surface area contributed by atoms with E-state index in [-0.39, 0.29) is 47.5 Å². The van der Waals surface area contributed by atoms with Gasteiger partial charge in [0.25, 0.3) is 0 Å². The molecule has 37 heavy (non-hydrogen) atoms. The highest BCUT2D eigenvalue weighted by Gasteiger charge is 2.57.